The van der Waals surface area contributed by atoms with Gasteiger partial charge in [0, 0.05) is 5.56 Å². The first-order chi connectivity index (χ1) is 6.77. The third-order valence-corrected chi connectivity index (χ3v) is 1.51. The van der Waals surface area contributed by atoms with Gasteiger partial charge in [0.05, 0.1) is 11.9 Å². The van der Waals surface area contributed by atoms with Crippen LogP contribution in [-0.2, 0) is 0 Å². The van der Waals surface area contributed by atoms with E-state index in [4.69, 9.17) is 10.4 Å². The average molecular weight is 195 g/mol. The van der Waals surface area contributed by atoms with Gasteiger partial charge in [0.1, 0.15) is 0 Å². The topological polar surface area (TPSA) is 94.0 Å². The van der Waals surface area contributed by atoms with Gasteiger partial charge in [0.25, 0.3) is 0 Å². The minimum Gasteiger partial charge on any atom is -0.411 e. The van der Waals surface area contributed by atoms with Crippen molar-refractivity contribution in [3.05, 3.63) is 29.8 Å². The van der Waals surface area contributed by atoms with Crippen LogP contribution in [0.25, 0.3) is 0 Å². The Bertz CT molecular complexity index is 351. The Morgan fingerprint density at radius 1 is 1.43 bits per heavy atom. The Labute approximate surface area is 79.8 Å². The Morgan fingerprint density at radius 2 is 2.14 bits per heavy atom. The van der Waals surface area contributed by atoms with Crippen LogP contribution in [0.1, 0.15) is 5.56 Å². The van der Waals surface area contributed by atoms with Gasteiger partial charge in [-0.05, 0) is 6.07 Å². The third kappa shape index (κ3) is 2.46. The SMILES string of the molecule is O=C(NO)Nc1ccccc1/C=N/O. The number of nitrogens with one attached hydrogen (secondary N) is 2. The lowest BCUT2D eigenvalue weighted by molar-refractivity contribution is 0.172. The number of amides is 2. The standard InChI is InChI=1S/C8H9N3O3/c12-8(11-14)10-7-4-2-1-3-6(7)5-9-13/h1-5,13-14H,(H2,10,11,12)/b9-5+. The summed E-state index contributed by atoms with van der Waals surface area (Å²) in [6.07, 6.45) is 1.17. The zero-order valence-corrected chi connectivity index (χ0v) is 7.14. The van der Waals surface area contributed by atoms with Gasteiger partial charge in [-0.2, -0.15) is 0 Å². The highest BCUT2D eigenvalue weighted by Gasteiger charge is 2.02. The molecule has 0 radical (unpaired) electrons. The second-order valence-electron chi connectivity index (χ2n) is 2.40. The number of rotatable bonds is 2. The first-order valence-corrected chi connectivity index (χ1v) is 3.75. The van der Waals surface area contributed by atoms with Crippen LogP contribution in [0, 0.1) is 0 Å². The molecule has 0 unspecified atom stereocenters. The molecule has 0 aliphatic heterocycles. The summed E-state index contributed by atoms with van der Waals surface area (Å²) in [5.74, 6) is 0. The summed E-state index contributed by atoms with van der Waals surface area (Å²) in [6, 6.07) is 5.91. The fraction of sp³-hybridized carbons (Fsp3) is 0. The highest BCUT2D eigenvalue weighted by Crippen LogP contribution is 2.12. The zero-order chi connectivity index (χ0) is 10.4. The molecule has 4 N–H and O–H groups in total. The van der Waals surface area contributed by atoms with Crippen molar-refractivity contribution < 1.29 is 15.2 Å². The van der Waals surface area contributed by atoms with Crippen LogP contribution in [0.5, 0.6) is 0 Å². The first kappa shape index (κ1) is 10.0. The number of nitrogens with zero attached hydrogens (tertiary/aromatic N) is 1. The average Bonchev–Trinajstić information content (AvgIpc) is 2.21. The summed E-state index contributed by atoms with van der Waals surface area (Å²) >= 11 is 0. The van der Waals surface area contributed by atoms with E-state index in [0.29, 0.717) is 11.3 Å². The van der Waals surface area contributed by atoms with Crippen molar-refractivity contribution in [1.82, 2.24) is 5.48 Å². The largest absolute Gasteiger partial charge is 0.411 e. The Kier molecular flexibility index (Phi) is 3.45. The fourth-order valence-electron chi connectivity index (χ4n) is 0.936. The normalized spacial score (nSPS) is 10.1. The molecule has 0 aromatic heterocycles. The van der Waals surface area contributed by atoms with Gasteiger partial charge in [0.15, 0.2) is 0 Å². The van der Waals surface area contributed by atoms with Crippen LogP contribution >= 0.6 is 0 Å². The molecule has 2 amide bonds. The third-order valence-electron chi connectivity index (χ3n) is 1.51. The molecule has 0 spiro atoms. The number of oxime groups is 1. The van der Waals surface area contributed by atoms with Gasteiger partial charge < -0.3 is 10.5 Å². The van der Waals surface area contributed by atoms with Gasteiger partial charge in [-0.3, -0.25) is 5.21 Å². The highest BCUT2D eigenvalue weighted by molar-refractivity contribution is 5.96. The van der Waals surface area contributed by atoms with Crippen LogP contribution in [-0.4, -0.2) is 22.7 Å². The lowest BCUT2D eigenvalue weighted by atomic mass is 10.2. The van der Waals surface area contributed by atoms with E-state index >= 15 is 0 Å². The number of carbonyl (C=O) groups is 1. The van der Waals surface area contributed by atoms with Crippen LogP contribution in [0.2, 0.25) is 0 Å². The van der Waals surface area contributed by atoms with Crippen molar-refractivity contribution in [2.24, 2.45) is 5.16 Å². The molecule has 0 fully saturated rings. The molecule has 0 saturated heterocycles. The molecule has 0 atom stereocenters. The zero-order valence-electron chi connectivity index (χ0n) is 7.14. The molecule has 0 heterocycles. The van der Waals surface area contributed by atoms with E-state index in [9.17, 15) is 4.79 Å². The summed E-state index contributed by atoms with van der Waals surface area (Å²) in [4.78, 5) is 10.8. The van der Waals surface area contributed by atoms with Crippen molar-refractivity contribution in [2.45, 2.75) is 0 Å². The number of carbonyl (C=O) groups excluding carboxylic acids is 1. The second kappa shape index (κ2) is 4.83. The Morgan fingerprint density at radius 3 is 2.79 bits per heavy atom. The molecule has 0 aliphatic carbocycles. The fourth-order valence-corrected chi connectivity index (χ4v) is 0.936. The first-order valence-electron chi connectivity index (χ1n) is 3.75. The number of para-hydroxylation sites is 1. The summed E-state index contributed by atoms with van der Waals surface area (Å²) in [5, 5.41) is 21.8. The van der Waals surface area contributed by atoms with E-state index in [2.05, 4.69) is 10.5 Å². The molecule has 1 rings (SSSR count). The van der Waals surface area contributed by atoms with Crippen molar-refractivity contribution in [1.29, 1.82) is 0 Å². The highest BCUT2D eigenvalue weighted by atomic mass is 16.5. The molecule has 6 nitrogen and oxygen atoms in total. The van der Waals surface area contributed by atoms with E-state index in [1.54, 1.807) is 24.3 Å². The summed E-state index contributed by atoms with van der Waals surface area (Å²) < 4.78 is 0. The summed E-state index contributed by atoms with van der Waals surface area (Å²) in [5.41, 5.74) is 2.38. The van der Waals surface area contributed by atoms with E-state index in [-0.39, 0.29) is 0 Å². The Balaban J connectivity index is 2.89. The van der Waals surface area contributed by atoms with E-state index < -0.39 is 6.03 Å². The van der Waals surface area contributed by atoms with Gasteiger partial charge in [-0.25, -0.2) is 10.3 Å². The van der Waals surface area contributed by atoms with E-state index in [1.165, 1.54) is 11.7 Å². The monoisotopic (exact) mass is 195 g/mol. The number of hydrogen-bond acceptors (Lipinski definition) is 4. The lowest BCUT2D eigenvalue weighted by Crippen LogP contribution is -2.25. The molecule has 0 bridgehead atoms. The maximum atomic E-state index is 10.8. The minimum absolute atomic E-state index is 0.428. The second-order valence-corrected chi connectivity index (χ2v) is 2.40. The quantitative estimate of drug-likeness (QED) is 0.245. The van der Waals surface area contributed by atoms with Gasteiger partial charge in [-0.1, -0.05) is 23.4 Å². The number of urea groups is 1. The number of benzene rings is 1. The molecule has 0 saturated carbocycles. The number of hydroxylamine groups is 1. The predicted octanol–water partition coefficient (Wildman–Crippen LogP) is 1.01. The van der Waals surface area contributed by atoms with Gasteiger partial charge in [-0.15, -0.1) is 0 Å². The summed E-state index contributed by atoms with van der Waals surface area (Å²) in [6.45, 7) is 0. The maximum Gasteiger partial charge on any atom is 0.342 e. The smallest absolute Gasteiger partial charge is 0.342 e. The van der Waals surface area contributed by atoms with Gasteiger partial charge >= 0.3 is 6.03 Å². The van der Waals surface area contributed by atoms with E-state index in [1.807, 2.05) is 0 Å². The van der Waals surface area contributed by atoms with Crippen molar-refractivity contribution in [3.63, 3.8) is 0 Å². The predicted molar refractivity (Wildman–Crippen MR) is 49.8 cm³/mol. The number of hydrogen-bond donors (Lipinski definition) is 4. The molecule has 14 heavy (non-hydrogen) atoms. The van der Waals surface area contributed by atoms with Gasteiger partial charge in [0.2, 0.25) is 0 Å². The number of anilines is 1. The molecule has 0 aliphatic rings. The minimum atomic E-state index is -0.760. The molecule has 1 aromatic carbocycles. The van der Waals surface area contributed by atoms with Crippen LogP contribution in [0.3, 0.4) is 0 Å². The molecular weight excluding hydrogens is 186 g/mol. The molecule has 6 heteroatoms. The van der Waals surface area contributed by atoms with Crippen molar-refractivity contribution in [3.8, 4) is 0 Å². The van der Waals surface area contributed by atoms with Crippen LogP contribution in [0.15, 0.2) is 29.4 Å². The lowest BCUT2D eigenvalue weighted by Gasteiger charge is -2.05. The van der Waals surface area contributed by atoms with Crippen molar-refractivity contribution in [2.75, 3.05) is 5.32 Å². The Hall–Kier alpha value is -2.08. The van der Waals surface area contributed by atoms with E-state index in [0.717, 1.165) is 0 Å². The maximum absolute atomic E-state index is 10.8. The molecule has 74 valence electrons. The van der Waals surface area contributed by atoms with Crippen LogP contribution in [0.4, 0.5) is 10.5 Å². The van der Waals surface area contributed by atoms with Crippen molar-refractivity contribution >= 4 is 17.9 Å². The van der Waals surface area contributed by atoms with Crippen LogP contribution < -0.4 is 10.8 Å². The summed E-state index contributed by atoms with van der Waals surface area (Å²) in [7, 11) is 0. The molecule has 1 aromatic rings. The molecular formula is C8H9N3O3.